The van der Waals surface area contributed by atoms with E-state index in [2.05, 4.69) is 50.6 Å². The van der Waals surface area contributed by atoms with Crippen LogP contribution in [0.2, 0.25) is 0 Å². The van der Waals surface area contributed by atoms with Gasteiger partial charge in [0.05, 0.1) is 32.8 Å². The van der Waals surface area contributed by atoms with E-state index >= 15 is 0 Å². The summed E-state index contributed by atoms with van der Waals surface area (Å²) in [6.45, 7) is 2.10. The highest BCUT2D eigenvalue weighted by Gasteiger charge is 2.52. The molecule has 4 atom stereocenters. The quantitative estimate of drug-likeness (QED) is 0.278. The molecule has 0 unspecified atom stereocenters. The first-order valence-electron chi connectivity index (χ1n) is 12.3. The minimum Gasteiger partial charge on any atom is -0.494 e. The van der Waals surface area contributed by atoms with Crippen LogP contribution in [-0.2, 0) is 15.2 Å². The largest absolute Gasteiger partial charge is 0.494 e. The van der Waals surface area contributed by atoms with E-state index in [1.54, 1.807) is 7.11 Å². The SMILES string of the molecule is CN[C@@H]1C[C@H]2O[C@@](C)([C@@H]1OC)n1c3ccccc3c3c4c(O)[nH]c(O)c4c4c5ccccc5n2c4c31. The van der Waals surface area contributed by atoms with Crippen LogP contribution in [0.5, 0.6) is 11.8 Å². The number of hydrogen-bond acceptors (Lipinski definition) is 5. The van der Waals surface area contributed by atoms with Crippen LogP contribution in [0.3, 0.4) is 0 Å². The average Bonchev–Trinajstić information content (AvgIpc) is 3.48. The molecular weight excluding hydrogens is 456 g/mol. The molecular formula is C28H26N4O4. The minimum absolute atomic E-state index is 0.0358. The van der Waals surface area contributed by atoms with Crippen molar-refractivity contribution in [3.8, 4) is 11.8 Å². The number of fused-ring (bicyclic) bond motifs is 13. The van der Waals surface area contributed by atoms with Crippen molar-refractivity contribution in [3.05, 3.63) is 48.5 Å². The summed E-state index contributed by atoms with van der Waals surface area (Å²) in [4.78, 5) is 2.81. The van der Waals surface area contributed by atoms with E-state index in [4.69, 9.17) is 9.47 Å². The van der Waals surface area contributed by atoms with Gasteiger partial charge in [-0.1, -0.05) is 36.4 Å². The van der Waals surface area contributed by atoms with E-state index in [9.17, 15) is 10.2 Å². The molecule has 0 amide bonds. The Kier molecular flexibility index (Phi) is 3.71. The van der Waals surface area contributed by atoms with Crippen molar-refractivity contribution in [1.29, 1.82) is 0 Å². The van der Waals surface area contributed by atoms with Crippen LogP contribution in [0.1, 0.15) is 19.6 Å². The number of methoxy groups -OCH3 is 1. The number of aromatic nitrogens is 3. The van der Waals surface area contributed by atoms with Gasteiger partial charge in [-0.15, -0.1) is 0 Å². The first-order chi connectivity index (χ1) is 17.5. The molecule has 5 heterocycles. The molecule has 1 fully saturated rings. The second-order valence-electron chi connectivity index (χ2n) is 10.2. The number of aromatic hydroxyl groups is 2. The van der Waals surface area contributed by atoms with Crippen molar-refractivity contribution < 1.29 is 19.7 Å². The van der Waals surface area contributed by atoms with E-state index in [0.29, 0.717) is 17.2 Å². The summed E-state index contributed by atoms with van der Waals surface area (Å²) in [5.41, 5.74) is 3.12. The highest BCUT2D eigenvalue weighted by atomic mass is 16.6. The molecule has 2 aliphatic rings. The van der Waals surface area contributed by atoms with Crippen molar-refractivity contribution in [3.63, 3.8) is 0 Å². The van der Waals surface area contributed by atoms with Crippen molar-refractivity contribution in [2.24, 2.45) is 0 Å². The predicted octanol–water partition coefficient (Wildman–Crippen LogP) is 5.00. The number of rotatable bonds is 2. The average molecular weight is 483 g/mol. The Morgan fingerprint density at radius 2 is 1.56 bits per heavy atom. The zero-order valence-electron chi connectivity index (χ0n) is 20.2. The lowest BCUT2D eigenvalue weighted by Gasteiger charge is -2.48. The maximum Gasteiger partial charge on any atom is 0.200 e. The number of H-pyrrole nitrogens is 1. The summed E-state index contributed by atoms with van der Waals surface area (Å²) in [6, 6.07) is 16.4. The molecule has 0 aliphatic carbocycles. The molecule has 0 saturated carbocycles. The molecule has 2 bridgehead atoms. The highest BCUT2D eigenvalue weighted by molar-refractivity contribution is 6.38. The molecule has 8 heteroatoms. The monoisotopic (exact) mass is 482 g/mol. The number of nitrogens with zero attached hydrogens (tertiary/aromatic N) is 2. The van der Waals surface area contributed by atoms with Gasteiger partial charge < -0.3 is 34.1 Å². The Bertz CT molecular complexity index is 1900. The second-order valence-corrected chi connectivity index (χ2v) is 10.2. The van der Waals surface area contributed by atoms with Gasteiger partial charge in [0.25, 0.3) is 0 Å². The van der Waals surface area contributed by atoms with Gasteiger partial charge in [-0.25, -0.2) is 0 Å². The van der Waals surface area contributed by atoms with E-state index in [-0.39, 0.29) is 30.1 Å². The van der Waals surface area contributed by atoms with E-state index in [1.165, 1.54) is 0 Å². The lowest BCUT2D eigenvalue weighted by Crippen LogP contribution is -2.59. The third-order valence-corrected chi connectivity index (χ3v) is 8.55. The first kappa shape index (κ1) is 20.5. The zero-order valence-corrected chi connectivity index (χ0v) is 20.2. The van der Waals surface area contributed by atoms with Gasteiger partial charge >= 0.3 is 0 Å². The summed E-state index contributed by atoms with van der Waals surface area (Å²) in [6.07, 6.45) is 0.174. The van der Waals surface area contributed by atoms with Gasteiger partial charge in [0.2, 0.25) is 0 Å². The summed E-state index contributed by atoms with van der Waals surface area (Å²) >= 11 is 0. The molecule has 1 saturated heterocycles. The van der Waals surface area contributed by atoms with Crippen LogP contribution in [0.4, 0.5) is 0 Å². The lowest BCUT2D eigenvalue weighted by molar-refractivity contribution is -0.256. The van der Waals surface area contributed by atoms with Crippen molar-refractivity contribution >= 4 is 54.4 Å². The molecule has 8 nitrogen and oxygen atoms in total. The van der Waals surface area contributed by atoms with Gasteiger partial charge in [0, 0.05) is 41.1 Å². The van der Waals surface area contributed by atoms with Crippen LogP contribution in [0, 0.1) is 0 Å². The van der Waals surface area contributed by atoms with Crippen LogP contribution in [0.25, 0.3) is 54.4 Å². The zero-order chi connectivity index (χ0) is 24.5. The summed E-state index contributed by atoms with van der Waals surface area (Å²) in [5, 5.41) is 30.7. The molecule has 182 valence electrons. The number of nitrogens with one attached hydrogen (secondary N) is 2. The molecule has 3 aromatic carbocycles. The Morgan fingerprint density at radius 3 is 2.22 bits per heavy atom. The number of para-hydroxylation sites is 2. The molecule has 2 aliphatic heterocycles. The van der Waals surface area contributed by atoms with Crippen LogP contribution in [0.15, 0.2) is 48.5 Å². The fourth-order valence-corrected chi connectivity index (χ4v) is 7.28. The topological polar surface area (TPSA) is 96.6 Å². The summed E-state index contributed by atoms with van der Waals surface area (Å²) in [5.74, 6) is -0.0785. The third-order valence-electron chi connectivity index (χ3n) is 8.55. The molecule has 36 heavy (non-hydrogen) atoms. The number of hydrogen-bond donors (Lipinski definition) is 4. The summed E-state index contributed by atoms with van der Waals surface area (Å²) in [7, 11) is 3.71. The summed E-state index contributed by atoms with van der Waals surface area (Å²) < 4.78 is 17.8. The van der Waals surface area contributed by atoms with Gasteiger partial charge in [-0.2, -0.15) is 0 Å². The number of aromatic amines is 1. The van der Waals surface area contributed by atoms with Gasteiger partial charge in [0.15, 0.2) is 17.5 Å². The standard InChI is InChI=1S/C28H26N4O4/c1-28-25(35-3)15(29-2)12-18(36-28)31-16-10-6-4-8-13(16)19-21-22(27(34)30-26(21)33)20-14-9-5-7-11-17(14)32(28)24(20)23(19)31/h4-11,15,18,25,29-30,33-34H,12H2,1-3H3/t15-,18-,25-,28+/m1/s1. The number of benzene rings is 3. The molecule has 0 radical (unpaired) electrons. The lowest BCUT2D eigenvalue weighted by atomic mass is 9.93. The van der Waals surface area contributed by atoms with Crippen LogP contribution in [-0.4, -0.2) is 50.6 Å². The molecule has 4 N–H and O–H groups in total. The van der Waals surface area contributed by atoms with E-state index < -0.39 is 5.72 Å². The third kappa shape index (κ3) is 2.10. The number of likely N-dealkylation sites (N-methyl/N-ethyl adjacent to an activating group) is 1. The maximum atomic E-state index is 11.1. The molecule has 3 aromatic heterocycles. The Labute approximate surface area is 205 Å². The fourth-order valence-electron chi connectivity index (χ4n) is 7.28. The minimum atomic E-state index is -0.846. The molecule has 8 rings (SSSR count). The molecule has 6 aromatic rings. The van der Waals surface area contributed by atoms with Crippen LogP contribution < -0.4 is 5.32 Å². The van der Waals surface area contributed by atoms with Gasteiger partial charge in [0.1, 0.15) is 12.3 Å². The van der Waals surface area contributed by atoms with Crippen LogP contribution >= 0.6 is 0 Å². The van der Waals surface area contributed by atoms with E-state index in [0.717, 1.165) is 43.6 Å². The van der Waals surface area contributed by atoms with Crippen molar-refractivity contribution in [2.45, 2.75) is 37.4 Å². The van der Waals surface area contributed by atoms with Crippen molar-refractivity contribution in [1.82, 2.24) is 19.4 Å². The Hall–Kier alpha value is -3.72. The normalized spacial score (nSPS) is 25.7. The predicted molar refractivity (Wildman–Crippen MR) is 140 cm³/mol. The first-order valence-corrected chi connectivity index (χ1v) is 12.3. The van der Waals surface area contributed by atoms with Crippen molar-refractivity contribution in [2.75, 3.05) is 14.2 Å². The van der Waals surface area contributed by atoms with E-state index in [1.807, 2.05) is 31.3 Å². The maximum absolute atomic E-state index is 11.1. The van der Waals surface area contributed by atoms with Gasteiger partial charge in [-0.3, -0.25) is 4.98 Å². The fraction of sp³-hybridized carbons (Fsp3) is 0.286. The number of ether oxygens (including phenoxy) is 2. The smallest absolute Gasteiger partial charge is 0.200 e. The Balaban J connectivity index is 1.77. The second kappa shape index (κ2) is 6.53. The highest BCUT2D eigenvalue weighted by Crippen LogP contribution is 2.55. The van der Waals surface area contributed by atoms with Gasteiger partial charge in [-0.05, 0) is 26.1 Å². The molecule has 0 spiro atoms. The Morgan fingerprint density at radius 1 is 0.944 bits per heavy atom.